The van der Waals surface area contributed by atoms with Gasteiger partial charge >= 0.3 is 10.3 Å². The van der Waals surface area contributed by atoms with E-state index in [-0.39, 0.29) is 0 Å². The zero-order chi connectivity index (χ0) is 23.3. The molecule has 0 radical (unpaired) electrons. The molecule has 4 aromatic rings. The first-order valence-electron chi connectivity index (χ1n) is 11.1. The van der Waals surface area contributed by atoms with E-state index in [0.29, 0.717) is 0 Å². The van der Waals surface area contributed by atoms with Crippen molar-refractivity contribution < 1.29 is 9.13 Å². The molecule has 1 aliphatic heterocycles. The fourth-order valence-corrected chi connectivity index (χ4v) is 5.09. The number of thiazole rings is 2. The van der Waals surface area contributed by atoms with Gasteiger partial charge in [0.25, 0.3) is 0 Å². The van der Waals surface area contributed by atoms with Gasteiger partial charge in [-0.15, -0.1) is 0 Å². The van der Waals surface area contributed by atoms with Crippen LogP contribution in [0.25, 0.3) is 0 Å². The normalized spacial score (nSPS) is 14.5. The van der Waals surface area contributed by atoms with Crippen LogP contribution in [0.3, 0.4) is 0 Å². The molecule has 3 heterocycles. The molecule has 2 aromatic carbocycles. The first kappa shape index (κ1) is 22.3. The number of hydrogen-bond donors (Lipinski definition) is 0. The van der Waals surface area contributed by atoms with Gasteiger partial charge in [-0.25, -0.2) is 9.13 Å². The average Bonchev–Trinajstić information content (AvgIpc) is 3.49. The predicted molar refractivity (Wildman–Crippen MR) is 137 cm³/mol. The summed E-state index contributed by atoms with van der Waals surface area (Å²) in [6.07, 6.45) is 3.96. The quantitative estimate of drug-likeness (QED) is 0.260. The van der Waals surface area contributed by atoms with Crippen molar-refractivity contribution in [3.63, 3.8) is 0 Å². The molecule has 0 aliphatic carbocycles. The van der Waals surface area contributed by atoms with Crippen molar-refractivity contribution in [1.82, 2.24) is 0 Å². The lowest BCUT2D eigenvalue weighted by molar-refractivity contribution is -0.654. The summed E-state index contributed by atoms with van der Waals surface area (Å²) in [4.78, 5) is 4.83. The minimum Gasteiger partial charge on any atom is -0.368 e. The van der Waals surface area contributed by atoms with Crippen LogP contribution in [-0.4, -0.2) is 26.2 Å². The highest BCUT2D eigenvalue weighted by Crippen LogP contribution is 2.26. The Balaban J connectivity index is 1.15. The molecule has 2 aromatic heterocycles. The highest BCUT2D eigenvalue weighted by Gasteiger charge is 2.18. The van der Waals surface area contributed by atoms with Gasteiger partial charge in [-0.1, -0.05) is 0 Å². The average molecular weight is 491 g/mol. The highest BCUT2D eigenvalue weighted by atomic mass is 32.1. The Labute approximate surface area is 206 Å². The fraction of sp³-hybridized carbons (Fsp3) is 0.250. The van der Waals surface area contributed by atoms with E-state index in [1.54, 1.807) is 22.7 Å². The van der Waals surface area contributed by atoms with Crippen molar-refractivity contribution in [3.05, 3.63) is 71.7 Å². The van der Waals surface area contributed by atoms with E-state index in [1.165, 1.54) is 11.4 Å². The molecule has 0 atom stereocenters. The molecule has 1 aliphatic rings. The predicted octanol–water partition coefficient (Wildman–Crippen LogP) is 5.62. The number of rotatable bonds is 6. The lowest BCUT2D eigenvalue weighted by Gasteiger charge is -2.37. The van der Waals surface area contributed by atoms with E-state index >= 15 is 0 Å². The Morgan fingerprint density at radius 1 is 0.588 bits per heavy atom. The zero-order valence-corrected chi connectivity index (χ0v) is 20.8. The van der Waals surface area contributed by atoms with Gasteiger partial charge in [0.2, 0.25) is 0 Å². The van der Waals surface area contributed by atoms with Gasteiger partial charge < -0.3 is 9.80 Å². The third-order valence-electron chi connectivity index (χ3n) is 5.73. The van der Waals surface area contributed by atoms with Gasteiger partial charge in [-0.3, -0.25) is 0 Å². The number of hydrogen-bond acceptors (Lipinski definition) is 8. The van der Waals surface area contributed by atoms with Crippen LogP contribution in [0.4, 0.5) is 33.0 Å². The Morgan fingerprint density at radius 2 is 0.971 bits per heavy atom. The third kappa shape index (κ3) is 5.18. The maximum Gasteiger partial charge on any atom is 0.408 e. The maximum absolute atomic E-state index is 4.36. The molecule has 34 heavy (non-hydrogen) atoms. The number of benzene rings is 2. The summed E-state index contributed by atoms with van der Waals surface area (Å²) in [5, 5.41) is 23.1. The molecule has 0 unspecified atom stereocenters. The third-order valence-corrected chi connectivity index (χ3v) is 7.41. The molecule has 0 bridgehead atoms. The minimum atomic E-state index is 0.862. The molecule has 5 rings (SSSR count). The first-order chi connectivity index (χ1) is 16.7. The number of nitrogens with zero attached hydrogens (tertiary/aromatic N) is 8. The second-order valence-electron chi connectivity index (χ2n) is 8.00. The van der Waals surface area contributed by atoms with Crippen LogP contribution in [0, 0.1) is 0 Å². The number of anilines is 2. The Morgan fingerprint density at radius 3 is 1.29 bits per heavy atom. The molecular formula is C24H26N8S2+2. The molecule has 0 amide bonds. The molecule has 10 heteroatoms. The molecule has 0 saturated carbocycles. The molecule has 172 valence electrons. The second kappa shape index (κ2) is 10.2. The van der Waals surface area contributed by atoms with Crippen LogP contribution in [0.15, 0.2) is 92.1 Å². The molecule has 8 nitrogen and oxygen atoms in total. The summed E-state index contributed by atoms with van der Waals surface area (Å²) >= 11 is 3.15. The molecule has 1 fully saturated rings. The van der Waals surface area contributed by atoms with Gasteiger partial charge in [-0.05, 0) is 81.4 Å². The van der Waals surface area contributed by atoms with Crippen molar-refractivity contribution in [1.29, 1.82) is 0 Å². The van der Waals surface area contributed by atoms with Gasteiger partial charge in [0.05, 0.1) is 24.3 Å². The maximum atomic E-state index is 4.36. The van der Waals surface area contributed by atoms with Crippen LogP contribution in [0.2, 0.25) is 0 Å². The summed E-state index contributed by atoms with van der Waals surface area (Å²) in [5.74, 6) is 0. The van der Waals surface area contributed by atoms with Gasteiger partial charge in [-0.2, -0.15) is 0 Å². The fourth-order valence-electron chi connectivity index (χ4n) is 3.73. The van der Waals surface area contributed by atoms with Crippen molar-refractivity contribution in [2.24, 2.45) is 34.6 Å². The molecular weight excluding hydrogens is 464 g/mol. The molecule has 0 N–H and O–H groups in total. The van der Waals surface area contributed by atoms with Gasteiger partial charge in [0.15, 0.2) is 0 Å². The Hall–Kier alpha value is -3.50. The van der Waals surface area contributed by atoms with E-state index in [4.69, 9.17) is 0 Å². The lowest BCUT2D eigenvalue weighted by Crippen LogP contribution is -2.46. The summed E-state index contributed by atoms with van der Waals surface area (Å²) in [6, 6.07) is 16.6. The van der Waals surface area contributed by atoms with E-state index in [9.17, 15) is 0 Å². The van der Waals surface area contributed by atoms with E-state index in [2.05, 4.69) is 54.5 Å². The van der Waals surface area contributed by atoms with Crippen LogP contribution >= 0.6 is 22.7 Å². The standard InChI is InChI=1S/C24H26N8S2/c1-29-15-17-33-23(29)27-25-19-3-7-21(8-4-19)31-11-13-32(14-12-31)22-9-5-20(6-10-22)26-28-24-30(2)16-18-34-24/h3-10,15-18H,11-14H2,1-2H3/q+2. The molecule has 0 spiro atoms. The molecule has 1 saturated heterocycles. The Bertz CT molecular complexity index is 1180. The summed E-state index contributed by atoms with van der Waals surface area (Å²) in [6.45, 7) is 3.90. The van der Waals surface area contributed by atoms with Crippen molar-refractivity contribution >= 4 is 55.7 Å². The Kier molecular flexibility index (Phi) is 6.68. The monoisotopic (exact) mass is 490 g/mol. The number of azo groups is 2. The summed E-state index contributed by atoms with van der Waals surface area (Å²) < 4.78 is 3.93. The summed E-state index contributed by atoms with van der Waals surface area (Å²) in [5.41, 5.74) is 4.16. The van der Waals surface area contributed by atoms with E-state index < -0.39 is 0 Å². The van der Waals surface area contributed by atoms with Crippen molar-refractivity contribution in [3.8, 4) is 0 Å². The number of aryl methyl sites for hydroxylation is 2. The van der Waals surface area contributed by atoms with Crippen LogP contribution in [0.5, 0.6) is 0 Å². The van der Waals surface area contributed by atoms with E-state index in [1.807, 2.05) is 70.6 Å². The second-order valence-corrected chi connectivity index (χ2v) is 9.75. The van der Waals surface area contributed by atoms with Crippen LogP contribution in [0.1, 0.15) is 0 Å². The van der Waals surface area contributed by atoms with Crippen LogP contribution < -0.4 is 18.9 Å². The minimum absolute atomic E-state index is 0.862. The first-order valence-corrected chi connectivity index (χ1v) is 12.8. The topological polar surface area (TPSA) is 63.7 Å². The van der Waals surface area contributed by atoms with E-state index in [0.717, 1.165) is 47.8 Å². The lowest BCUT2D eigenvalue weighted by atomic mass is 10.2. The smallest absolute Gasteiger partial charge is 0.368 e. The number of aromatic nitrogens is 2. The number of piperazine rings is 1. The van der Waals surface area contributed by atoms with Crippen LogP contribution in [-0.2, 0) is 14.1 Å². The van der Waals surface area contributed by atoms with Crippen molar-refractivity contribution in [2.45, 2.75) is 0 Å². The zero-order valence-electron chi connectivity index (χ0n) is 19.2. The SMILES string of the molecule is C[n+]1ccsc1N=Nc1ccc(N2CCN(c3ccc(N=Nc4scc[n+]4C)cc3)CC2)cc1. The largest absolute Gasteiger partial charge is 0.408 e. The van der Waals surface area contributed by atoms with Gasteiger partial charge in [0, 0.05) is 48.3 Å². The van der Waals surface area contributed by atoms with Crippen molar-refractivity contribution in [2.75, 3.05) is 36.0 Å². The highest BCUT2D eigenvalue weighted by molar-refractivity contribution is 7.13. The summed E-state index contributed by atoms with van der Waals surface area (Å²) in [7, 11) is 3.94. The van der Waals surface area contributed by atoms with Gasteiger partial charge in [0.1, 0.15) is 23.8 Å².